The van der Waals surface area contributed by atoms with Crippen LogP contribution in [0.3, 0.4) is 0 Å². The van der Waals surface area contributed by atoms with Crippen molar-refractivity contribution in [1.29, 1.82) is 0 Å². The first-order chi connectivity index (χ1) is 13.8. The smallest absolute Gasteiger partial charge is 0.238 e. The number of nitrogens with one attached hydrogen (secondary N) is 1. The summed E-state index contributed by atoms with van der Waals surface area (Å²) < 4.78 is 5.46. The zero-order valence-corrected chi connectivity index (χ0v) is 19.9. The second kappa shape index (κ2) is 11.3. The van der Waals surface area contributed by atoms with E-state index in [1.54, 1.807) is 11.3 Å². The summed E-state index contributed by atoms with van der Waals surface area (Å²) in [5.74, 6) is 0.741. The first-order valence-corrected chi connectivity index (χ1v) is 12.1. The summed E-state index contributed by atoms with van der Waals surface area (Å²) >= 11 is 1.70. The molecule has 2 fully saturated rings. The molecule has 0 bridgehead atoms. The normalized spacial score (nSPS) is 19.9. The van der Waals surface area contributed by atoms with Crippen LogP contribution in [0.25, 0.3) is 5.57 Å². The molecular weight excluding hydrogens is 380 g/mol. The van der Waals surface area contributed by atoms with Crippen LogP contribution in [0, 0.1) is 18.3 Å². The standard InChI is InChI=1S/C22H34N2O2S.C2H6/c1-16(13-18-5-11-26-12-6-18)21-20(17(2)15-27-21)23-19(25)14-24-9-7-22(3,4)8-10-24;1-2/h15,18H,1,5-14H2,2-4H3,(H,23,25);1-2H3. The summed E-state index contributed by atoms with van der Waals surface area (Å²) in [5.41, 5.74) is 3.66. The molecule has 2 aliphatic rings. The van der Waals surface area contributed by atoms with E-state index in [9.17, 15) is 4.79 Å². The molecule has 0 atom stereocenters. The molecule has 29 heavy (non-hydrogen) atoms. The fourth-order valence-electron chi connectivity index (χ4n) is 3.95. The van der Waals surface area contributed by atoms with Gasteiger partial charge in [-0.05, 0) is 80.0 Å². The van der Waals surface area contributed by atoms with Crippen LogP contribution in [0.15, 0.2) is 12.0 Å². The lowest BCUT2D eigenvalue weighted by Crippen LogP contribution is -2.41. The lowest BCUT2D eigenvalue weighted by molar-refractivity contribution is -0.117. The van der Waals surface area contributed by atoms with Crippen LogP contribution in [-0.4, -0.2) is 43.7 Å². The highest BCUT2D eigenvalue weighted by atomic mass is 32.1. The molecule has 1 aromatic heterocycles. The van der Waals surface area contributed by atoms with E-state index >= 15 is 0 Å². The number of nitrogens with zero attached hydrogens (tertiary/aromatic N) is 1. The molecule has 1 N–H and O–H groups in total. The molecule has 0 spiro atoms. The summed E-state index contributed by atoms with van der Waals surface area (Å²) in [5, 5.41) is 5.32. The number of piperidine rings is 1. The summed E-state index contributed by atoms with van der Waals surface area (Å²) in [6, 6.07) is 0. The van der Waals surface area contributed by atoms with Gasteiger partial charge in [0.25, 0.3) is 0 Å². The van der Waals surface area contributed by atoms with Crippen molar-refractivity contribution in [2.24, 2.45) is 11.3 Å². The highest BCUT2D eigenvalue weighted by Crippen LogP contribution is 2.37. The summed E-state index contributed by atoms with van der Waals surface area (Å²) in [7, 11) is 0. The van der Waals surface area contributed by atoms with E-state index in [0.29, 0.717) is 17.9 Å². The fourth-order valence-corrected chi connectivity index (χ4v) is 4.94. The Bertz CT molecular complexity index is 664. The number of allylic oxidation sites excluding steroid dienone is 1. The first-order valence-electron chi connectivity index (χ1n) is 11.2. The minimum Gasteiger partial charge on any atom is -0.381 e. The number of aryl methyl sites for hydroxylation is 1. The number of thiophene rings is 1. The molecular formula is C24H40N2O2S. The van der Waals surface area contributed by atoms with Gasteiger partial charge in [-0.15, -0.1) is 11.3 Å². The molecule has 5 heteroatoms. The molecule has 0 aromatic carbocycles. The molecule has 0 radical (unpaired) electrons. The third kappa shape index (κ3) is 7.23. The van der Waals surface area contributed by atoms with Crippen LogP contribution < -0.4 is 5.32 Å². The van der Waals surface area contributed by atoms with Crippen LogP contribution >= 0.6 is 11.3 Å². The highest BCUT2D eigenvalue weighted by Gasteiger charge is 2.26. The second-order valence-electron chi connectivity index (χ2n) is 8.97. The van der Waals surface area contributed by atoms with Gasteiger partial charge < -0.3 is 10.1 Å². The second-order valence-corrected chi connectivity index (χ2v) is 9.85. The van der Waals surface area contributed by atoms with Crippen molar-refractivity contribution in [2.75, 3.05) is 38.2 Å². The van der Waals surface area contributed by atoms with E-state index in [4.69, 9.17) is 4.74 Å². The molecule has 164 valence electrons. The van der Waals surface area contributed by atoms with Crippen molar-refractivity contribution in [1.82, 2.24) is 4.90 Å². The quantitative estimate of drug-likeness (QED) is 0.616. The van der Waals surface area contributed by atoms with Gasteiger partial charge in [0, 0.05) is 13.2 Å². The Balaban J connectivity index is 0.00000145. The molecule has 1 aromatic rings. The monoisotopic (exact) mass is 420 g/mol. The number of hydrogen-bond donors (Lipinski definition) is 1. The summed E-state index contributed by atoms with van der Waals surface area (Å²) in [6.07, 6.45) is 5.52. The molecule has 0 unspecified atom stereocenters. The fraction of sp³-hybridized carbons (Fsp3) is 0.708. The van der Waals surface area contributed by atoms with E-state index < -0.39 is 0 Å². The summed E-state index contributed by atoms with van der Waals surface area (Å²) in [6.45, 7) is 19.3. The number of anilines is 1. The van der Waals surface area contributed by atoms with E-state index in [-0.39, 0.29) is 5.91 Å². The SMILES string of the molecule is C=C(CC1CCOCC1)c1scc(C)c1NC(=O)CN1CCC(C)(C)CC1.CC. The Kier molecular flexibility index (Phi) is 9.38. The number of ether oxygens (including phenoxy) is 1. The van der Waals surface area contributed by atoms with E-state index in [1.165, 1.54) is 0 Å². The molecule has 4 nitrogen and oxygen atoms in total. The third-order valence-electron chi connectivity index (χ3n) is 6.01. The van der Waals surface area contributed by atoms with Crippen molar-refractivity contribution in [3.8, 4) is 0 Å². The van der Waals surface area contributed by atoms with Gasteiger partial charge in [0.2, 0.25) is 5.91 Å². The Morgan fingerprint density at radius 3 is 2.52 bits per heavy atom. The predicted molar refractivity (Wildman–Crippen MR) is 126 cm³/mol. The Morgan fingerprint density at radius 2 is 1.90 bits per heavy atom. The molecule has 2 aliphatic heterocycles. The number of amides is 1. The Hall–Kier alpha value is -1.17. The number of hydrogen-bond acceptors (Lipinski definition) is 4. The van der Waals surface area contributed by atoms with Crippen molar-refractivity contribution in [3.63, 3.8) is 0 Å². The molecule has 0 saturated carbocycles. The maximum absolute atomic E-state index is 12.7. The van der Waals surface area contributed by atoms with E-state index in [2.05, 4.69) is 42.9 Å². The molecule has 1 amide bonds. The van der Waals surface area contributed by atoms with Gasteiger partial charge in [0.05, 0.1) is 17.1 Å². The molecule has 3 heterocycles. The maximum atomic E-state index is 12.7. The van der Waals surface area contributed by atoms with E-state index in [1.807, 2.05) is 13.8 Å². The summed E-state index contributed by atoms with van der Waals surface area (Å²) in [4.78, 5) is 16.1. The zero-order valence-electron chi connectivity index (χ0n) is 19.1. The topological polar surface area (TPSA) is 41.6 Å². The number of rotatable bonds is 6. The lowest BCUT2D eigenvalue weighted by Gasteiger charge is -2.36. The Labute approximate surface area is 181 Å². The molecule has 0 aliphatic carbocycles. The van der Waals surface area contributed by atoms with E-state index in [0.717, 1.165) is 80.1 Å². The minimum absolute atomic E-state index is 0.0938. The highest BCUT2D eigenvalue weighted by molar-refractivity contribution is 7.12. The molecule has 3 rings (SSSR count). The average Bonchev–Trinajstić information content (AvgIpc) is 3.06. The van der Waals surface area contributed by atoms with Crippen molar-refractivity contribution in [3.05, 3.63) is 22.4 Å². The predicted octanol–water partition coefficient (Wildman–Crippen LogP) is 5.97. The largest absolute Gasteiger partial charge is 0.381 e. The van der Waals surface area contributed by atoms with Crippen LogP contribution in [0.4, 0.5) is 5.69 Å². The third-order valence-corrected chi connectivity index (χ3v) is 7.21. The van der Waals surface area contributed by atoms with Gasteiger partial charge in [0.15, 0.2) is 0 Å². The minimum atomic E-state index is 0.0938. The van der Waals surface area contributed by atoms with Gasteiger partial charge in [-0.1, -0.05) is 34.3 Å². The van der Waals surface area contributed by atoms with Gasteiger partial charge >= 0.3 is 0 Å². The number of carbonyl (C=O) groups excluding carboxylic acids is 1. The van der Waals surface area contributed by atoms with Gasteiger partial charge in [0.1, 0.15) is 0 Å². The van der Waals surface area contributed by atoms with Gasteiger partial charge in [-0.2, -0.15) is 0 Å². The lowest BCUT2D eigenvalue weighted by atomic mass is 9.83. The van der Waals surface area contributed by atoms with Crippen molar-refractivity contribution in [2.45, 2.75) is 66.7 Å². The van der Waals surface area contributed by atoms with Crippen LogP contribution in [0.2, 0.25) is 0 Å². The van der Waals surface area contributed by atoms with Crippen LogP contribution in [0.1, 0.15) is 70.2 Å². The number of likely N-dealkylation sites (tertiary alicyclic amines) is 1. The zero-order chi connectivity index (χ0) is 21.4. The average molecular weight is 421 g/mol. The number of carbonyl (C=O) groups is 1. The first kappa shape index (κ1) is 24.1. The van der Waals surface area contributed by atoms with Crippen LogP contribution in [-0.2, 0) is 9.53 Å². The van der Waals surface area contributed by atoms with Crippen molar-refractivity contribution < 1.29 is 9.53 Å². The Morgan fingerprint density at radius 1 is 1.28 bits per heavy atom. The van der Waals surface area contributed by atoms with Crippen LogP contribution in [0.5, 0.6) is 0 Å². The van der Waals surface area contributed by atoms with Gasteiger partial charge in [-0.3, -0.25) is 9.69 Å². The van der Waals surface area contributed by atoms with Gasteiger partial charge in [-0.25, -0.2) is 0 Å². The van der Waals surface area contributed by atoms with Crippen molar-refractivity contribution >= 4 is 28.5 Å². The molecule has 2 saturated heterocycles. The maximum Gasteiger partial charge on any atom is 0.238 e.